The van der Waals surface area contributed by atoms with Crippen molar-refractivity contribution < 1.29 is 18.0 Å². The summed E-state index contributed by atoms with van der Waals surface area (Å²) in [5.74, 6) is -0.00990. The van der Waals surface area contributed by atoms with Gasteiger partial charge in [0.25, 0.3) is 0 Å². The van der Waals surface area contributed by atoms with E-state index in [2.05, 4.69) is 10.0 Å². The number of nitrogens with one attached hydrogen (secondary N) is 2. The van der Waals surface area contributed by atoms with Crippen LogP contribution in [0.3, 0.4) is 0 Å². The van der Waals surface area contributed by atoms with Gasteiger partial charge in [0.2, 0.25) is 21.8 Å². The summed E-state index contributed by atoms with van der Waals surface area (Å²) in [6, 6.07) is 3.97. The quantitative estimate of drug-likeness (QED) is 0.738. The minimum absolute atomic E-state index is 0.0541. The molecular formula is C21H31N3O4S. The van der Waals surface area contributed by atoms with E-state index in [0.29, 0.717) is 44.5 Å². The van der Waals surface area contributed by atoms with Gasteiger partial charge in [-0.05, 0) is 68.2 Å². The Hall–Kier alpha value is -1.93. The number of fused-ring (bicyclic) bond motifs is 1. The standard InChI is InChI=1S/C21H31N3O4S/c1-15(2)13-19(21(26)24-11-4-3-5-12-24)23-29(27,28)17-9-10-18-16(14-17)7-6-8-20(25)22-18/h9-10,14-15,19,23H,3-8,11-13H2,1-2H3,(H,22,25)/t19-/m1/s1. The molecule has 2 N–H and O–H groups in total. The molecule has 0 aromatic heterocycles. The monoisotopic (exact) mass is 421 g/mol. The van der Waals surface area contributed by atoms with Crippen LogP contribution in [0, 0.1) is 5.92 Å². The number of hydrogen-bond acceptors (Lipinski definition) is 4. The number of hydrogen-bond donors (Lipinski definition) is 2. The molecule has 3 rings (SSSR count). The first-order valence-electron chi connectivity index (χ1n) is 10.5. The number of amides is 2. The zero-order chi connectivity index (χ0) is 21.0. The van der Waals surface area contributed by atoms with E-state index in [1.807, 2.05) is 13.8 Å². The highest BCUT2D eigenvalue weighted by Gasteiger charge is 2.31. The van der Waals surface area contributed by atoms with Crippen LogP contribution in [0.2, 0.25) is 0 Å². The molecule has 0 bridgehead atoms. The first-order chi connectivity index (χ1) is 13.8. The van der Waals surface area contributed by atoms with E-state index in [1.54, 1.807) is 17.0 Å². The Balaban J connectivity index is 1.81. The van der Waals surface area contributed by atoms with Crippen molar-refractivity contribution in [3.8, 4) is 0 Å². The molecule has 1 saturated heterocycles. The molecule has 1 atom stereocenters. The highest BCUT2D eigenvalue weighted by Crippen LogP contribution is 2.25. The molecule has 2 amide bonds. The van der Waals surface area contributed by atoms with Gasteiger partial charge in [-0.2, -0.15) is 4.72 Å². The first kappa shape index (κ1) is 21.8. The second-order valence-corrected chi connectivity index (χ2v) is 10.1. The Morgan fingerprint density at radius 2 is 1.86 bits per heavy atom. The molecule has 2 aliphatic rings. The number of benzene rings is 1. The van der Waals surface area contributed by atoms with Crippen LogP contribution in [0.15, 0.2) is 23.1 Å². The van der Waals surface area contributed by atoms with Gasteiger partial charge in [0, 0.05) is 25.2 Å². The van der Waals surface area contributed by atoms with Crippen LogP contribution in [0.4, 0.5) is 5.69 Å². The molecule has 0 spiro atoms. The lowest BCUT2D eigenvalue weighted by atomic mass is 10.0. The van der Waals surface area contributed by atoms with Crippen LogP contribution >= 0.6 is 0 Å². The fourth-order valence-electron chi connectivity index (χ4n) is 3.98. The lowest BCUT2D eigenvalue weighted by Crippen LogP contribution is -2.50. The van der Waals surface area contributed by atoms with Crippen LogP contribution in [0.1, 0.15) is 57.9 Å². The summed E-state index contributed by atoms with van der Waals surface area (Å²) in [4.78, 5) is 26.6. The van der Waals surface area contributed by atoms with Crippen molar-refractivity contribution in [3.63, 3.8) is 0 Å². The Morgan fingerprint density at radius 3 is 2.55 bits per heavy atom. The zero-order valence-corrected chi connectivity index (χ0v) is 18.1. The van der Waals surface area contributed by atoms with Gasteiger partial charge in [-0.15, -0.1) is 0 Å². The lowest BCUT2D eigenvalue weighted by molar-refractivity contribution is -0.134. The van der Waals surface area contributed by atoms with Gasteiger partial charge in [0.1, 0.15) is 6.04 Å². The molecular weight excluding hydrogens is 390 g/mol. The summed E-state index contributed by atoms with van der Waals surface area (Å²) in [6.07, 6.45) is 5.23. The van der Waals surface area contributed by atoms with Gasteiger partial charge >= 0.3 is 0 Å². The van der Waals surface area contributed by atoms with E-state index >= 15 is 0 Å². The molecule has 0 saturated carbocycles. The van der Waals surface area contributed by atoms with Crippen LogP contribution in [0.5, 0.6) is 0 Å². The molecule has 0 aliphatic carbocycles. The Kier molecular flexibility index (Phi) is 6.95. The molecule has 1 aromatic rings. The van der Waals surface area contributed by atoms with Crippen molar-refractivity contribution in [1.29, 1.82) is 0 Å². The maximum Gasteiger partial charge on any atom is 0.241 e. The van der Waals surface area contributed by atoms with Crippen LogP contribution < -0.4 is 10.0 Å². The molecule has 0 radical (unpaired) electrons. The van der Waals surface area contributed by atoms with Crippen LogP contribution in [-0.2, 0) is 26.0 Å². The molecule has 1 fully saturated rings. The van der Waals surface area contributed by atoms with Crippen molar-refractivity contribution in [1.82, 2.24) is 9.62 Å². The molecule has 2 aliphatic heterocycles. The average molecular weight is 422 g/mol. The largest absolute Gasteiger partial charge is 0.341 e. The predicted octanol–water partition coefficient (Wildman–Crippen LogP) is 2.67. The number of likely N-dealkylation sites (tertiary alicyclic amines) is 1. The Bertz CT molecular complexity index is 861. The number of rotatable bonds is 6. The first-order valence-corrected chi connectivity index (χ1v) is 12.0. The minimum Gasteiger partial charge on any atom is -0.341 e. The predicted molar refractivity (Wildman–Crippen MR) is 112 cm³/mol. The number of aryl methyl sites for hydroxylation is 1. The molecule has 1 aromatic carbocycles. The summed E-state index contributed by atoms with van der Waals surface area (Å²) >= 11 is 0. The molecule has 160 valence electrons. The van der Waals surface area contributed by atoms with Gasteiger partial charge in [0.05, 0.1) is 4.90 Å². The second kappa shape index (κ2) is 9.26. The number of anilines is 1. The third-order valence-electron chi connectivity index (χ3n) is 5.48. The summed E-state index contributed by atoms with van der Waals surface area (Å²) < 4.78 is 28.8. The maximum atomic E-state index is 13.1. The van der Waals surface area contributed by atoms with E-state index in [4.69, 9.17) is 0 Å². The Morgan fingerprint density at radius 1 is 1.14 bits per heavy atom. The number of nitrogens with zero attached hydrogens (tertiary/aromatic N) is 1. The van der Waals surface area contributed by atoms with Crippen molar-refractivity contribution >= 4 is 27.5 Å². The normalized spacial score (nSPS) is 18.7. The topological polar surface area (TPSA) is 95.6 Å². The SMILES string of the molecule is CC(C)C[C@@H](NS(=O)(=O)c1ccc2c(c1)CCCC(=O)N2)C(=O)N1CCCCC1. The third kappa shape index (κ3) is 5.57. The number of piperidine rings is 1. The number of carbonyl (C=O) groups is 2. The van der Waals surface area contributed by atoms with E-state index < -0.39 is 16.1 Å². The van der Waals surface area contributed by atoms with Gasteiger partial charge in [-0.25, -0.2) is 8.42 Å². The summed E-state index contributed by atoms with van der Waals surface area (Å²) in [7, 11) is -3.86. The second-order valence-electron chi connectivity index (χ2n) is 8.41. The van der Waals surface area contributed by atoms with Crippen LogP contribution in [0.25, 0.3) is 0 Å². The fourth-order valence-corrected chi connectivity index (χ4v) is 5.23. The van der Waals surface area contributed by atoms with Crippen molar-refractivity contribution in [2.45, 2.75) is 69.7 Å². The average Bonchev–Trinajstić information content (AvgIpc) is 2.87. The van der Waals surface area contributed by atoms with Crippen molar-refractivity contribution in [2.24, 2.45) is 5.92 Å². The molecule has 2 heterocycles. The maximum absolute atomic E-state index is 13.1. The van der Waals surface area contributed by atoms with Gasteiger partial charge in [0.15, 0.2) is 0 Å². The van der Waals surface area contributed by atoms with Gasteiger partial charge < -0.3 is 10.2 Å². The van der Waals surface area contributed by atoms with Crippen molar-refractivity contribution in [3.05, 3.63) is 23.8 Å². The van der Waals surface area contributed by atoms with Crippen LogP contribution in [-0.4, -0.2) is 44.3 Å². The fraction of sp³-hybridized carbons (Fsp3) is 0.619. The number of carbonyl (C=O) groups excluding carboxylic acids is 2. The molecule has 0 unspecified atom stereocenters. The van der Waals surface area contributed by atoms with E-state index in [0.717, 1.165) is 24.8 Å². The van der Waals surface area contributed by atoms with Crippen molar-refractivity contribution in [2.75, 3.05) is 18.4 Å². The summed E-state index contributed by atoms with van der Waals surface area (Å²) in [5, 5.41) is 2.81. The highest BCUT2D eigenvalue weighted by molar-refractivity contribution is 7.89. The smallest absolute Gasteiger partial charge is 0.241 e. The zero-order valence-electron chi connectivity index (χ0n) is 17.2. The Labute approximate surface area is 173 Å². The minimum atomic E-state index is -3.86. The van der Waals surface area contributed by atoms with Gasteiger partial charge in [-0.3, -0.25) is 9.59 Å². The molecule has 8 heteroatoms. The summed E-state index contributed by atoms with van der Waals surface area (Å²) in [5.41, 5.74) is 1.47. The van der Waals surface area contributed by atoms with Gasteiger partial charge in [-0.1, -0.05) is 13.8 Å². The van der Waals surface area contributed by atoms with E-state index in [9.17, 15) is 18.0 Å². The number of sulfonamides is 1. The highest BCUT2D eigenvalue weighted by atomic mass is 32.2. The van der Waals surface area contributed by atoms with E-state index in [-0.39, 0.29) is 22.6 Å². The molecule has 29 heavy (non-hydrogen) atoms. The van der Waals surface area contributed by atoms with E-state index in [1.165, 1.54) is 6.07 Å². The third-order valence-corrected chi connectivity index (χ3v) is 6.95. The molecule has 7 nitrogen and oxygen atoms in total. The lowest BCUT2D eigenvalue weighted by Gasteiger charge is -2.31. The summed E-state index contributed by atoms with van der Waals surface area (Å²) in [6.45, 7) is 5.34.